The third-order valence-electron chi connectivity index (χ3n) is 2.20. The second-order valence-electron chi connectivity index (χ2n) is 3.53. The van der Waals surface area contributed by atoms with Crippen molar-refractivity contribution in [3.63, 3.8) is 0 Å². The van der Waals surface area contributed by atoms with Crippen molar-refractivity contribution in [2.75, 3.05) is 6.61 Å². The third-order valence-corrected chi connectivity index (χ3v) is 2.57. The van der Waals surface area contributed by atoms with E-state index in [-0.39, 0.29) is 11.8 Å². The molecule has 0 bridgehead atoms. The van der Waals surface area contributed by atoms with E-state index in [2.05, 4.69) is 5.16 Å². The smallest absolute Gasteiger partial charge is 0.144 e. The zero-order valence-electron chi connectivity index (χ0n) is 9.06. The van der Waals surface area contributed by atoms with Gasteiger partial charge in [-0.05, 0) is 11.6 Å². The number of nitrogens with zero attached hydrogens (tertiary/aromatic N) is 1. The van der Waals surface area contributed by atoms with Gasteiger partial charge in [0.15, 0.2) is 0 Å². The van der Waals surface area contributed by atoms with Crippen molar-refractivity contribution in [1.29, 1.82) is 0 Å². The molecule has 0 aliphatic carbocycles. The molecular formula is C11H15ClN2O2. The molecule has 1 aromatic carbocycles. The molecule has 88 valence electrons. The van der Waals surface area contributed by atoms with Gasteiger partial charge in [-0.3, -0.25) is 0 Å². The van der Waals surface area contributed by atoms with E-state index in [1.807, 2.05) is 31.2 Å². The van der Waals surface area contributed by atoms with Crippen LogP contribution in [0.4, 0.5) is 0 Å². The Labute approximate surface area is 99.7 Å². The largest absolute Gasteiger partial charge is 0.409 e. The van der Waals surface area contributed by atoms with Crippen molar-refractivity contribution in [2.24, 2.45) is 16.8 Å². The molecule has 0 saturated heterocycles. The van der Waals surface area contributed by atoms with Gasteiger partial charge in [-0.1, -0.05) is 41.9 Å². The maximum atomic E-state index is 8.45. The first-order valence-corrected chi connectivity index (χ1v) is 5.31. The Bertz CT molecular complexity index is 369. The molecule has 0 heterocycles. The summed E-state index contributed by atoms with van der Waals surface area (Å²) in [4.78, 5) is 0. The van der Waals surface area contributed by atoms with Crippen molar-refractivity contribution in [3.8, 4) is 0 Å². The van der Waals surface area contributed by atoms with Crippen LogP contribution in [0.25, 0.3) is 0 Å². The van der Waals surface area contributed by atoms with E-state index < -0.39 is 0 Å². The highest BCUT2D eigenvalue weighted by atomic mass is 35.5. The average Bonchev–Trinajstić information content (AvgIpc) is 2.30. The summed E-state index contributed by atoms with van der Waals surface area (Å²) in [6.07, 6.45) is 0. The highest BCUT2D eigenvalue weighted by Crippen LogP contribution is 2.15. The maximum Gasteiger partial charge on any atom is 0.144 e. The van der Waals surface area contributed by atoms with Crippen molar-refractivity contribution >= 4 is 17.4 Å². The molecule has 1 atom stereocenters. The van der Waals surface area contributed by atoms with Crippen molar-refractivity contribution < 1.29 is 9.94 Å². The Morgan fingerprint density at radius 1 is 1.56 bits per heavy atom. The van der Waals surface area contributed by atoms with Gasteiger partial charge >= 0.3 is 0 Å². The Balaban J connectivity index is 2.39. The molecule has 0 spiro atoms. The van der Waals surface area contributed by atoms with E-state index in [0.717, 1.165) is 5.56 Å². The number of benzene rings is 1. The lowest BCUT2D eigenvalue weighted by Crippen LogP contribution is -2.25. The van der Waals surface area contributed by atoms with Gasteiger partial charge in [-0.15, -0.1) is 0 Å². The molecule has 0 aliphatic heterocycles. The van der Waals surface area contributed by atoms with Crippen LogP contribution in [0, 0.1) is 5.92 Å². The van der Waals surface area contributed by atoms with E-state index in [1.165, 1.54) is 0 Å². The number of hydrogen-bond acceptors (Lipinski definition) is 3. The quantitative estimate of drug-likeness (QED) is 0.360. The summed E-state index contributed by atoms with van der Waals surface area (Å²) in [6, 6.07) is 7.48. The van der Waals surface area contributed by atoms with E-state index in [0.29, 0.717) is 18.2 Å². The van der Waals surface area contributed by atoms with Crippen LogP contribution in [0.1, 0.15) is 12.5 Å². The second-order valence-corrected chi connectivity index (χ2v) is 3.94. The molecule has 0 aromatic heterocycles. The van der Waals surface area contributed by atoms with E-state index in [4.69, 9.17) is 27.3 Å². The number of rotatable bonds is 5. The van der Waals surface area contributed by atoms with Crippen LogP contribution < -0.4 is 5.73 Å². The zero-order chi connectivity index (χ0) is 12.0. The van der Waals surface area contributed by atoms with Gasteiger partial charge in [0.2, 0.25) is 0 Å². The van der Waals surface area contributed by atoms with Gasteiger partial charge in [-0.25, -0.2) is 0 Å². The Morgan fingerprint density at radius 3 is 2.88 bits per heavy atom. The van der Waals surface area contributed by atoms with Crippen molar-refractivity contribution in [3.05, 3.63) is 34.9 Å². The number of halogens is 1. The number of nitrogens with two attached hydrogens (primary N) is 1. The molecule has 4 nitrogen and oxygen atoms in total. The number of ether oxygens (including phenoxy) is 1. The molecule has 1 aromatic rings. The minimum atomic E-state index is -0.118. The molecule has 5 heteroatoms. The maximum absolute atomic E-state index is 8.45. The first kappa shape index (κ1) is 12.8. The minimum Gasteiger partial charge on any atom is -0.409 e. The average molecular weight is 243 g/mol. The Hall–Kier alpha value is -1.26. The number of oxime groups is 1. The van der Waals surface area contributed by atoms with Gasteiger partial charge in [0.05, 0.1) is 13.2 Å². The van der Waals surface area contributed by atoms with E-state index in [1.54, 1.807) is 0 Å². The van der Waals surface area contributed by atoms with Crippen LogP contribution in [-0.2, 0) is 11.3 Å². The fourth-order valence-corrected chi connectivity index (χ4v) is 1.34. The zero-order valence-corrected chi connectivity index (χ0v) is 9.81. The summed E-state index contributed by atoms with van der Waals surface area (Å²) in [5.74, 6) is 0.0478. The Kier molecular flexibility index (Phi) is 5.08. The lowest BCUT2D eigenvalue weighted by molar-refractivity contribution is 0.107. The predicted octanol–water partition coefficient (Wildman–Crippen LogP) is 2.24. The van der Waals surface area contributed by atoms with Crippen molar-refractivity contribution in [1.82, 2.24) is 0 Å². The molecule has 0 aliphatic rings. The standard InChI is InChI=1S/C11H15ClN2O2/c1-8(11(13)14-15)6-16-7-9-4-2-3-5-10(9)12/h2-5,8,15H,6-7H2,1H3,(H2,13,14). The summed E-state index contributed by atoms with van der Waals surface area (Å²) in [5.41, 5.74) is 6.35. The van der Waals surface area contributed by atoms with Crippen molar-refractivity contribution in [2.45, 2.75) is 13.5 Å². The second kappa shape index (κ2) is 6.35. The Morgan fingerprint density at radius 2 is 2.25 bits per heavy atom. The van der Waals surface area contributed by atoms with Crippen LogP contribution in [-0.4, -0.2) is 17.6 Å². The van der Waals surface area contributed by atoms with Gasteiger partial charge in [-0.2, -0.15) is 0 Å². The summed E-state index contributed by atoms with van der Waals surface area (Å²) in [5, 5.41) is 12.1. The minimum absolute atomic E-state index is 0.118. The highest BCUT2D eigenvalue weighted by Gasteiger charge is 2.08. The van der Waals surface area contributed by atoms with Crippen LogP contribution >= 0.6 is 11.6 Å². The predicted molar refractivity (Wildman–Crippen MR) is 63.7 cm³/mol. The lowest BCUT2D eigenvalue weighted by atomic mass is 10.2. The molecule has 0 amide bonds. The molecule has 1 unspecified atom stereocenters. The summed E-state index contributed by atoms with van der Waals surface area (Å²) < 4.78 is 5.43. The van der Waals surface area contributed by atoms with Gasteiger partial charge in [0.1, 0.15) is 5.84 Å². The normalized spacial score (nSPS) is 13.8. The van der Waals surface area contributed by atoms with Crippen LogP contribution in [0.5, 0.6) is 0 Å². The van der Waals surface area contributed by atoms with E-state index in [9.17, 15) is 0 Å². The summed E-state index contributed by atoms with van der Waals surface area (Å²) >= 11 is 5.96. The monoisotopic (exact) mass is 242 g/mol. The molecular weight excluding hydrogens is 228 g/mol. The number of hydrogen-bond donors (Lipinski definition) is 2. The highest BCUT2D eigenvalue weighted by molar-refractivity contribution is 6.31. The third kappa shape index (κ3) is 3.72. The lowest BCUT2D eigenvalue weighted by Gasteiger charge is -2.10. The summed E-state index contributed by atoms with van der Waals surface area (Å²) in [6.45, 7) is 2.63. The fraction of sp³-hybridized carbons (Fsp3) is 0.364. The van der Waals surface area contributed by atoms with Gasteiger partial charge in [0.25, 0.3) is 0 Å². The first-order chi connectivity index (χ1) is 7.65. The van der Waals surface area contributed by atoms with Gasteiger partial charge < -0.3 is 15.7 Å². The van der Waals surface area contributed by atoms with Gasteiger partial charge in [0, 0.05) is 10.9 Å². The first-order valence-electron chi connectivity index (χ1n) is 4.93. The molecule has 0 radical (unpaired) electrons. The molecule has 0 fully saturated rings. The van der Waals surface area contributed by atoms with Crippen LogP contribution in [0.3, 0.4) is 0 Å². The number of amidine groups is 1. The SMILES string of the molecule is CC(COCc1ccccc1Cl)/C(N)=N/O. The summed E-state index contributed by atoms with van der Waals surface area (Å²) in [7, 11) is 0. The fourth-order valence-electron chi connectivity index (χ4n) is 1.15. The molecule has 3 N–H and O–H groups in total. The van der Waals surface area contributed by atoms with Crippen LogP contribution in [0.15, 0.2) is 29.4 Å². The topological polar surface area (TPSA) is 67.8 Å². The molecule has 0 saturated carbocycles. The van der Waals surface area contributed by atoms with Crippen LogP contribution in [0.2, 0.25) is 5.02 Å². The van der Waals surface area contributed by atoms with E-state index >= 15 is 0 Å². The molecule has 1 rings (SSSR count). The molecule has 16 heavy (non-hydrogen) atoms.